The summed E-state index contributed by atoms with van der Waals surface area (Å²) >= 11 is 0. The standard InChI is InChI=1S/C23H35NO7S/c1-2-3-4-5-6-7-8-9-16-32(28,29)24-23(27,22(25)26)31-20-15-11-13-18-17-12-10-14-19(17)30-21(18)20/h11,13,15,17,19,24,27H,2-10,12,14,16H2,1H3,(H,25,26). The van der Waals surface area contributed by atoms with E-state index in [2.05, 4.69) is 6.92 Å². The van der Waals surface area contributed by atoms with E-state index in [0.717, 1.165) is 50.5 Å². The molecule has 3 N–H and O–H groups in total. The summed E-state index contributed by atoms with van der Waals surface area (Å²) in [5.74, 6) is -4.64. The molecule has 1 fully saturated rings. The molecular weight excluding hydrogens is 434 g/mol. The summed E-state index contributed by atoms with van der Waals surface area (Å²) in [6.07, 6.45) is 10.7. The topological polar surface area (TPSA) is 122 Å². The molecule has 3 unspecified atom stereocenters. The molecule has 1 heterocycles. The Kier molecular flexibility index (Phi) is 8.41. The van der Waals surface area contributed by atoms with Gasteiger partial charge < -0.3 is 19.7 Å². The van der Waals surface area contributed by atoms with Crippen LogP contribution in [0, 0.1) is 0 Å². The number of rotatable bonds is 14. The lowest BCUT2D eigenvalue weighted by Gasteiger charge is -2.26. The van der Waals surface area contributed by atoms with E-state index < -0.39 is 21.9 Å². The maximum Gasteiger partial charge on any atom is 0.395 e. The van der Waals surface area contributed by atoms with Gasteiger partial charge in [0.1, 0.15) is 6.10 Å². The first-order valence-corrected chi connectivity index (χ1v) is 13.4. The molecule has 1 aromatic rings. The van der Waals surface area contributed by atoms with Crippen molar-refractivity contribution in [3.63, 3.8) is 0 Å². The molecule has 1 aromatic carbocycles. The number of benzene rings is 1. The molecular formula is C23H35NO7S. The number of carboxylic acids is 1. The zero-order chi connectivity index (χ0) is 23.2. The predicted octanol–water partition coefficient (Wildman–Crippen LogP) is 3.88. The lowest BCUT2D eigenvalue weighted by Crippen LogP contribution is -2.59. The second-order valence-electron chi connectivity index (χ2n) is 8.82. The van der Waals surface area contributed by atoms with E-state index in [-0.39, 0.29) is 23.5 Å². The van der Waals surface area contributed by atoms with Gasteiger partial charge in [-0.05, 0) is 31.7 Å². The molecule has 1 aliphatic carbocycles. The van der Waals surface area contributed by atoms with E-state index in [4.69, 9.17) is 9.47 Å². The second kappa shape index (κ2) is 10.9. The highest BCUT2D eigenvalue weighted by Crippen LogP contribution is 2.50. The molecule has 0 saturated heterocycles. The molecule has 32 heavy (non-hydrogen) atoms. The molecule has 8 nitrogen and oxygen atoms in total. The average molecular weight is 470 g/mol. The van der Waals surface area contributed by atoms with E-state index in [1.54, 1.807) is 6.07 Å². The minimum atomic E-state index is -4.08. The van der Waals surface area contributed by atoms with Gasteiger partial charge in [0, 0.05) is 11.5 Å². The Balaban J connectivity index is 1.58. The monoisotopic (exact) mass is 469 g/mol. The number of nitrogens with one attached hydrogen (secondary N) is 1. The third-order valence-electron chi connectivity index (χ3n) is 6.24. The third kappa shape index (κ3) is 6.14. The maximum absolute atomic E-state index is 12.5. The third-order valence-corrected chi connectivity index (χ3v) is 7.65. The minimum absolute atomic E-state index is 0.00587. The summed E-state index contributed by atoms with van der Waals surface area (Å²) in [6.45, 7) is 2.16. The van der Waals surface area contributed by atoms with Crippen molar-refractivity contribution in [2.75, 3.05) is 5.75 Å². The Hall–Kier alpha value is -1.84. The second-order valence-corrected chi connectivity index (χ2v) is 10.7. The van der Waals surface area contributed by atoms with Crippen LogP contribution in [0.5, 0.6) is 11.5 Å². The zero-order valence-electron chi connectivity index (χ0n) is 18.7. The number of para-hydroxylation sites is 1. The lowest BCUT2D eigenvalue weighted by atomic mass is 9.97. The largest absolute Gasteiger partial charge is 0.486 e. The summed E-state index contributed by atoms with van der Waals surface area (Å²) in [4.78, 5) is 11.8. The number of aliphatic carboxylic acids is 1. The van der Waals surface area contributed by atoms with Crippen LogP contribution in [0.25, 0.3) is 0 Å². The smallest absolute Gasteiger partial charge is 0.395 e. The number of hydrogen-bond acceptors (Lipinski definition) is 6. The van der Waals surface area contributed by atoms with Crippen molar-refractivity contribution < 1.29 is 32.9 Å². The molecule has 0 spiro atoms. The van der Waals surface area contributed by atoms with Crippen LogP contribution >= 0.6 is 0 Å². The van der Waals surface area contributed by atoms with Crippen molar-refractivity contribution in [2.24, 2.45) is 0 Å². The first kappa shape index (κ1) is 24.8. The highest BCUT2D eigenvalue weighted by atomic mass is 32.2. The molecule has 0 amide bonds. The van der Waals surface area contributed by atoms with E-state index in [1.165, 1.54) is 25.3 Å². The van der Waals surface area contributed by atoms with Crippen LogP contribution in [0.3, 0.4) is 0 Å². The fourth-order valence-corrected chi connectivity index (χ4v) is 5.80. The number of carbonyl (C=O) groups is 1. The van der Waals surface area contributed by atoms with Gasteiger partial charge in [-0.1, -0.05) is 64.0 Å². The van der Waals surface area contributed by atoms with Crippen molar-refractivity contribution >= 4 is 16.0 Å². The van der Waals surface area contributed by atoms with Crippen molar-refractivity contribution in [2.45, 2.75) is 95.5 Å². The molecule has 3 rings (SSSR count). The zero-order valence-corrected chi connectivity index (χ0v) is 19.5. The first-order chi connectivity index (χ1) is 15.3. The highest BCUT2D eigenvalue weighted by molar-refractivity contribution is 7.89. The Morgan fingerprint density at radius 3 is 2.53 bits per heavy atom. The first-order valence-electron chi connectivity index (χ1n) is 11.7. The van der Waals surface area contributed by atoms with Gasteiger partial charge in [-0.15, -0.1) is 4.72 Å². The molecule has 9 heteroatoms. The van der Waals surface area contributed by atoms with Crippen LogP contribution in [0.4, 0.5) is 0 Å². The molecule has 2 aliphatic rings. The normalized spacial score (nSPS) is 21.4. The van der Waals surface area contributed by atoms with Gasteiger partial charge in [0.25, 0.3) is 0 Å². The fraction of sp³-hybridized carbons (Fsp3) is 0.696. The van der Waals surface area contributed by atoms with Crippen molar-refractivity contribution in [3.05, 3.63) is 23.8 Å². The van der Waals surface area contributed by atoms with E-state index in [1.807, 2.05) is 10.8 Å². The number of unbranched alkanes of at least 4 members (excludes halogenated alkanes) is 7. The molecule has 1 saturated carbocycles. The van der Waals surface area contributed by atoms with Gasteiger partial charge in [0.05, 0.1) is 5.75 Å². The molecule has 1 aliphatic heterocycles. The number of sulfonamides is 1. The average Bonchev–Trinajstić information content (AvgIpc) is 3.32. The summed E-state index contributed by atoms with van der Waals surface area (Å²) < 4.78 is 38.0. The Morgan fingerprint density at radius 1 is 1.16 bits per heavy atom. The predicted molar refractivity (Wildman–Crippen MR) is 120 cm³/mol. The Bertz CT molecular complexity index is 888. The summed E-state index contributed by atoms with van der Waals surface area (Å²) in [6, 6.07) is 5.06. The molecule has 0 aromatic heterocycles. The van der Waals surface area contributed by atoms with Gasteiger partial charge in [-0.25, -0.2) is 13.2 Å². The van der Waals surface area contributed by atoms with Gasteiger partial charge in [0.2, 0.25) is 10.0 Å². The number of hydrogen-bond donors (Lipinski definition) is 3. The number of ether oxygens (including phenoxy) is 2. The van der Waals surface area contributed by atoms with Crippen LogP contribution in [-0.4, -0.2) is 42.4 Å². The highest BCUT2D eigenvalue weighted by Gasteiger charge is 2.46. The Morgan fingerprint density at radius 2 is 1.84 bits per heavy atom. The van der Waals surface area contributed by atoms with Gasteiger partial charge >= 0.3 is 11.9 Å². The van der Waals surface area contributed by atoms with Crippen molar-refractivity contribution in [1.29, 1.82) is 0 Å². The minimum Gasteiger partial charge on any atom is -0.486 e. The van der Waals surface area contributed by atoms with Crippen LogP contribution in [0.15, 0.2) is 18.2 Å². The maximum atomic E-state index is 12.5. The molecule has 180 valence electrons. The fourth-order valence-electron chi connectivity index (χ4n) is 4.56. The SMILES string of the molecule is CCCCCCCCCCS(=O)(=O)NC(O)(Oc1cccc2c1OC1CCCC21)C(=O)O. The summed E-state index contributed by atoms with van der Waals surface area (Å²) in [5, 5.41) is 20.1. The Labute approximate surface area is 190 Å². The van der Waals surface area contributed by atoms with Crippen LogP contribution in [0.1, 0.15) is 89.0 Å². The van der Waals surface area contributed by atoms with Gasteiger partial charge in [-0.2, -0.15) is 0 Å². The quantitative estimate of drug-likeness (QED) is 0.279. The van der Waals surface area contributed by atoms with Gasteiger partial charge in [-0.3, -0.25) is 0 Å². The van der Waals surface area contributed by atoms with Crippen LogP contribution < -0.4 is 14.2 Å². The van der Waals surface area contributed by atoms with E-state index in [9.17, 15) is 23.4 Å². The van der Waals surface area contributed by atoms with Crippen LogP contribution in [0.2, 0.25) is 0 Å². The van der Waals surface area contributed by atoms with E-state index >= 15 is 0 Å². The van der Waals surface area contributed by atoms with Crippen molar-refractivity contribution in [3.8, 4) is 11.5 Å². The lowest BCUT2D eigenvalue weighted by molar-refractivity contribution is -0.197. The van der Waals surface area contributed by atoms with E-state index in [0.29, 0.717) is 12.2 Å². The molecule has 0 radical (unpaired) electrons. The van der Waals surface area contributed by atoms with Gasteiger partial charge in [0.15, 0.2) is 11.5 Å². The summed E-state index contributed by atoms with van der Waals surface area (Å²) in [5.41, 5.74) is 0.902. The number of carboxylic acid groups (broad SMARTS) is 1. The summed E-state index contributed by atoms with van der Waals surface area (Å²) in [7, 11) is -4.08. The molecule has 0 bridgehead atoms. The molecule has 3 atom stereocenters. The number of aliphatic hydroxyl groups is 1. The van der Waals surface area contributed by atoms with Crippen LogP contribution in [-0.2, 0) is 14.8 Å². The van der Waals surface area contributed by atoms with Crippen molar-refractivity contribution in [1.82, 2.24) is 4.72 Å². The number of fused-ring (bicyclic) bond motifs is 3.